The van der Waals surface area contributed by atoms with Crippen molar-refractivity contribution in [2.45, 2.75) is 37.4 Å². The molecule has 168 valence electrons. The van der Waals surface area contributed by atoms with Crippen molar-refractivity contribution < 1.29 is 9.18 Å². The third kappa shape index (κ3) is 3.67. The van der Waals surface area contributed by atoms with Gasteiger partial charge in [0.05, 0.1) is 11.7 Å². The van der Waals surface area contributed by atoms with Crippen LogP contribution in [0.2, 0.25) is 0 Å². The summed E-state index contributed by atoms with van der Waals surface area (Å²) in [5.74, 6) is 0.609. The molecule has 3 atom stereocenters. The molecule has 1 N–H and O–H groups in total. The van der Waals surface area contributed by atoms with Crippen molar-refractivity contribution in [3.63, 3.8) is 0 Å². The van der Waals surface area contributed by atoms with Crippen molar-refractivity contribution in [1.82, 2.24) is 19.8 Å². The number of carbonyl (C=O) groups excluding carboxylic acids is 1. The van der Waals surface area contributed by atoms with E-state index in [9.17, 15) is 9.18 Å². The second-order valence-electron chi connectivity index (χ2n) is 9.59. The van der Waals surface area contributed by atoms with Gasteiger partial charge in [0.2, 0.25) is 5.91 Å². The zero-order valence-electron chi connectivity index (χ0n) is 18.3. The first-order valence-electron chi connectivity index (χ1n) is 11.9. The summed E-state index contributed by atoms with van der Waals surface area (Å²) in [6.07, 6.45) is 6.32. The summed E-state index contributed by atoms with van der Waals surface area (Å²) in [4.78, 5) is 16.9. The first kappa shape index (κ1) is 20.1. The molecule has 1 amide bonds. The van der Waals surface area contributed by atoms with Crippen LogP contribution in [0.4, 0.5) is 4.39 Å². The second kappa shape index (κ2) is 8.12. The van der Waals surface area contributed by atoms with E-state index in [1.807, 2.05) is 10.9 Å². The number of rotatable bonds is 4. The van der Waals surface area contributed by atoms with E-state index in [2.05, 4.69) is 56.7 Å². The summed E-state index contributed by atoms with van der Waals surface area (Å²) in [6, 6.07) is 10.9. The Hall–Kier alpha value is -2.51. The van der Waals surface area contributed by atoms with Gasteiger partial charge in [-0.2, -0.15) is 5.10 Å². The fraction of sp³-hybridized carbons (Fsp3) is 0.520. The number of hydrogen-bond donors (Lipinski definition) is 1. The molecule has 0 radical (unpaired) electrons. The second-order valence-corrected chi connectivity index (χ2v) is 9.59. The predicted molar refractivity (Wildman–Crippen MR) is 122 cm³/mol. The number of halogens is 1. The number of fused-ring (bicyclic) bond motifs is 1. The average molecular weight is 436 g/mol. The first-order valence-corrected chi connectivity index (χ1v) is 11.9. The van der Waals surface area contributed by atoms with Crippen LogP contribution in [-0.2, 0) is 4.79 Å². The van der Waals surface area contributed by atoms with Crippen molar-refractivity contribution >= 4 is 12.1 Å². The van der Waals surface area contributed by atoms with Crippen molar-refractivity contribution in [2.24, 2.45) is 11.0 Å². The molecule has 2 aromatic rings. The smallest absolute Gasteiger partial charge is 0.225 e. The van der Waals surface area contributed by atoms with Gasteiger partial charge in [0.25, 0.3) is 0 Å². The van der Waals surface area contributed by atoms with Crippen LogP contribution in [-0.4, -0.2) is 72.0 Å². The number of nitrogens with zero attached hydrogens (tertiary/aromatic N) is 4. The highest BCUT2D eigenvalue weighted by Gasteiger charge is 2.36. The molecule has 6 rings (SSSR count). The van der Waals surface area contributed by atoms with Crippen LogP contribution < -0.4 is 5.32 Å². The molecule has 1 aromatic carbocycles. The molecule has 6 nitrogen and oxygen atoms in total. The number of aromatic nitrogens is 1. The SMILES string of the molecule is O=C(C1CC1)N1CCN(C2CC=Nn3cc(-c4ccc(C5CNCC5F)cc4)cc32)CC1. The molecule has 3 aliphatic heterocycles. The number of carbonyl (C=O) groups is 1. The number of benzene rings is 1. The minimum Gasteiger partial charge on any atom is -0.340 e. The molecule has 1 saturated carbocycles. The van der Waals surface area contributed by atoms with Gasteiger partial charge in [-0.3, -0.25) is 9.69 Å². The van der Waals surface area contributed by atoms with Crippen LogP contribution in [0.5, 0.6) is 0 Å². The fourth-order valence-corrected chi connectivity index (χ4v) is 5.41. The Bertz CT molecular complexity index is 1020. The molecule has 4 aliphatic rings. The molecule has 4 heterocycles. The van der Waals surface area contributed by atoms with Crippen LogP contribution in [0.15, 0.2) is 41.6 Å². The minimum atomic E-state index is -0.808. The third-order valence-electron chi connectivity index (χ3n) is 7.51. The molecular formula is C25H30FN5O. The van der Waals surface area contributed by atoms with E-state index in [0.29, 0.717) is 24.9 Å². The molecular weight excluding hydrogens is 405 g/mol. The van der Waals surface area contributed by atoms with Crippen LogP contribution in [0.3, 0.4) is 0 Å². The lowest BCUT2D eigenvalue weighted by atomic mass is 9.95. The Kier molecular flexibility index (Phi) is 5.11. The normalized spacial score (nSPS) is 28.2. The maximum Gasteiger partial charge on any atom is 0.225 e. The van der Waals surface area contributed by atoms with Gasteiger partial charge in [-0.05, 0) is 30.0 Å². The van der Waals surface area contributed by atoms with Crippen molar-refractivity contribution in [2.75, 3.05) is 39.3 Å². The summed E-state index contributed by atoms with van der Waals surface area (Å²) >= 11 is 0. The highest BCUT2D eigenvalue weighted by atomic mass is 19.1. The van der Waals surface area contributed by atoms with Gasteiger partial charge >= 0.3 is 0 Å². The zero-order valence-corrected chi connectivity index (χ0v) is 18.3. The largest absolute Gasteiger partial charge is 0.340 e. The number of nitrogens with one attached hydrogen (secondary N) is 1. The van der Waals surface area contributed by atoms with E-state index in [4.69, 9.17) is 0 Å². The van der Waals surface area contributed by atoms with Crippen LogP contribution in [0.1, 0.15) is 42.5 Å². The summed E-state index contributed by atoms with van der Waals surface area (Å²) in [7, 11) is 0. The Labute approximate surface area is 188 Å². The van der Waals surface area contributed by atoms with E-state index >= 15 is 0 Å². The first-order chi connectivity index (χ1) is 15.7. The zero-order chi connectivity index (χ0) is 21.7. The molecule has 32 heavy (non-hydrogen) atoms. The molecule has 3 unspecified atom stereocenters. The van der Waals surface area contributed by atoms with Gasteiger partial charge < -0.3 is 10.2 Å². The van der Waals surface area contributed by atoms with E-state index < -0.39 is 6.17 Å². The van der Waals surface area contributed by atoms with Gasteiger partial charge in [0, 0.05) is 75.5 Å². The average Bonchev–Trinajstić information content (AvgIpc) is 3.45. The topological polar surface area (TPSA) is 52.9 Å². The van der Waals surface area contributed by atoms with E-state index in [1.54, 1.807) is 0 Å². The van der Waals surface area contributed by atoms with E-state index in [0.717, 1.165) is 62.1 Å². The van der Waals surface area contributed by atoms with Crippen LogP contribution in [0, 0.1) is 5.92 Å². The lowest BCUT2D eigenvalue weighted by Crippen LogP contribution is -2.50. The molecule has 1 aliphatic carbocycles. The van der Waals surface area contributed by atoms with E-state index in [-0.39, 0.29) is 12.0 Å². The Morgan fingerprint density at radius 2 is 1.81 bits per heavy atom. The summed E-state index contributed by atoms with van der Waals surface area (Å²) in [5, 5.41) is 7.72. The number of amides is 1. The molecule has 3 fully saturated rings. The lowest BCUT2D eigenvalue weighted by Gasteiger charge is -2.39. The van der Waals surface area contributed by atoms with Crippen molar-refractivity contribution in [3.8, 4) is 11.1 Å². The van der Waals surface area contributed by atoms with E-state index in [1.165, 1.54) is 5.69 Å². The Morgan fingerprint density at radius 3 is 2.50 bits per heavy atom. The van der Waals surface area contributed by atoms with Crippen molar-refractivity contribution in [3.05, 3.63) is 47.8 Å². The molecule has 7 heteroatoms. The standard InChI is InChI=1S/C25H30FN5O/c26-22-15-27-14-21(22)18-3-1-17(2-4-18)20-13-24-23(7-8-28-31(24)16-20)29-9-11-30(12-10-29)25(32)19-5-6-19/h1-4,8,13,16,19,21-23,27H,5-7,9-12,14-15H2. The van der Waals surface area contributed by atoms with Gasteiger partial charge in [-0.15, -0.1) is 0 Å². The lowest BCUT2D eigenvalue weighted by molar-refractivity contribution is -0.134. The maximum absolute atomic E-state index is 14.1. The maximum atomic E-state index is 14.1. The highest BCUT2D eigenvalue weighted by Crippen LogP contribution is 2.35. The Balaban J connectivity index is 1.17. The van der Waals surface area contributed by atoms with Gasteiger partial charge in [-0.25, -0.2) is 9.07 Å². The molecule has 1 aromatic heterocycles. The summed E-state index contributed by atoms with van der Waals surface area (Å²) in [6.45, 7) is 4.61. The third-order valence-corrected chi connectivity index (χ3v) is 7.51. The van der Waals surface area contributed by atoms with Crippen molar-refractivity contribution in [1.29, 1.82) is 0 Å². The number of piperazine rings is 1. The molecule has 0 bridgehead atoms. The fourth-order valence-electron chi connectivity index (χ4n) is 5.41. The molecule has 0 spiro atoms. The van der Waals surface area contributed by atoms with Gasteiger partial charge in [0.1, 0.15) is 6.17 Å². The highest BCUT2D eigenvalue weighted by molar-refractivity contribution is 5.81. The molecule has 2 saturated heterocycles. The number of alkyl halides is 1. The monoisotopic (exact) mass is 435 g/mol. The van der Waals surface area contributed by atoms with Gasteiger partial charge in [0.15, 0.2) is 0 Å². The summed E-state index contributed by atoms with van der Waals surface area (Å²) < 4.78 is 16.1. The minimum absolute atomic E-state index is 0.0502. The van der Waals surface area contributed by atoms with Crippen LogP contribution >= 0.6 is 0 Å². The Morgan fingerprint density at radius 1 is 1.03 bits per heavy atom. The summed E-state index contributed by atoms with van der Waals surface area (Å²) in [5.41, 5.74) is 4.53. The number of hydrogen-bond acceptors (Lipinski definition) is 4. The quantitative estimate of drug-likeness (QED) is 0.803. The predicted octanol–water partition coefficient (Wildman–Crippen LogP) is 3.01. The van der Waals surface area contributed by atoms with Gasteiger partial charge in [-0.1, -0.05) is 24.3 Å². The van der Waals surface area contributed by atoms with Crippen LogP contribution in [0.25, 0.3) is 11.1 Å².